The molecule has 1 aliphatic rings. The van der Waals surface area contributed by atoms with Crippen molar-refractivity contribution in [1.29, 1.82) is 0 Å². The highest BCUT2D eigenvalue weighted by molar-refractivity contribution is 7.88. The highest BCUT2D eigenvalue weighted by Gasteiger charge is 2.26. The van der Waals surface area contributed by atoms with Crippen molar-refractivity contribution in [2.45, 2.75) is 13.0 Å². The Morgan fingerprint density at radius 2 is 1.71 bits per heavy atom. The Labute approximate surface area is 125 Å². The van der Waals surface area contributed by atoms with Gasteiger partial charge in [0.05, 0.1) is 12.3 Å². The summed E-state index contributed by atoms with van der Waals surface area (Å²) in [6.07, 6.45) is 1.19. The van der Waals surface area contributed by atoms with Crippen molar-refractivity contribution in [3.63, 3.8) is 0 Å². The molecular formula is C14H21N3O3S. The lowest BCUT2D eigenvalue weighted by atomic mass is 10.1. The maximum absolute atomic E-state index is 12.2. The molecule has 0 aromatic heterocycles. The third kappa shape index (κ3) is 4.18. The van der Waals surface area contributed by atoms with Gasteiger partial charge < -0.3 is 10.2 Å². The fraction of sp³-hybridized carbons (Fsp3) is 0.500. The van der Waals surface area contributed by atoms with E-state index in [4.69, 9.17) is 0 Å². The van der Waals surface area contributed by atoms with Crippen LogP contribution in [0.15, 0.2) is 30.3 Å². The van der Waals surface area contributed by atoms with E-state index < -0.39 is 10.0 Å². The van der Waals surface area contributed by atoms with Crippen LogP contribution < -0.4 is 5.32 Å². The Balaban J connectivity index is 1.88. The Morgan fingerprint density at radius 3 is 2.24 bits per heavy atom. The smallest absolute Gasteiger partial charge is 0.317 e. The van der Waals surface area contributed by atoms with Gasteiger partial charge in [0.25, 0.3) is 0 Å². The molecule has 6 nitrogen and oxygen atoms in total. The molecule has 1 unspecified atom stereocenters. The van der Waals surface area contributed by atoms with E-state index in [1.165, 1.54) is 10.6 Å². The van der Waals surface area contributed by atoms with Crippen molar-refractivity contribution in [1.82, 2.24) is 14.5 Å². The van der Waals surface area contributed by atoms with Crippen LogP contribution in [0, 0.1) is 0 Å². The van der Waals surface area contributed by atoms with E-state index in [0.29, 0.717) is 26.2 Å². The maximum atomic E-state index is 12.2. The van der Waals surface area contributed by atoms with Crippen LogP contribution in [0.4, 0.5) is 4.79 Å². The number of urea groups is 1. The van der Waals surface area contributed by atoms with Gasteiger partial charge in [-0.15, -0.1) is 0 Å². The molecular weight excluding hydrogens is 290 g/mol. The first-order valence-electron chi connectivity index (χ1n) is 6.93. The summed E-state index contributed by atoms with van der Waals surface area (Å²) >= 11 is 0. The average molecular weight is 311 g/mol. The summed E-state index contributed by atoms with van der Waals surface area (Å²) in [5.41, 5.74) is 1.04. The molecule has 1 saturated heterocycles. The molecule has 21 heavy (non-hydrogen) atoms. The number of carbonyl (C=O) groups is 1. The van der Waals surface area contributed by atoms with Crippen LogP contribution in [-0.2, 0) is 10.0 Å². The number of amides is 2. The fourth-order valence-corrected chi connectivity index (χ4v) is 3.15. The minimum absolute atomic E-state index is 0.0772. The lowest BCUT2D eigenvalue weighted by molar-refractivity contribution is 0.170. The largest absolute Gasteiger partial charge is 0.331 e. The number of sulfonamides is 1. The summed E-state index contributed by atoms with van der Waals surface area (Å²) in [4.78, 5) is 13.8. The van der Waals surface area contributed by atoms with E-state index >= 15 is 0 Å². The first-order valence-corrected chi connectivity index (χ1v) is 8.78. The minimum Gasteiger partial charge on any atom is -0.331 e. The molecule has 2 rings (SSSR count). The average Bonchev–Trinajstić information content (AvgIpc) is 2.47. The molecule has 0 spiro atoms. The van der Waals surface area contributed by atoms with Crippen molar-refractivity contribution in [3.8, 4) is 0 Å². The van der Waals surface area contributed by atoms with Gasteiger partial charge >= 0.3 is 6.03 Å². The Hall–Kier alpha value is -1.60. The summed E-state index contributed by atoms with van der Waals surface area (Å²) < 4.78 is 24.3. The second-order valence-corrected chi connectivity index (χ2v) is 7.21. The monoisotopic (exact) mass is 311 g/mol. The van der Waals surface area contributed by atoms with E-state index in [0.717, 1.165) is 5.56 Å². The number of hydrogen-bond donors (Lipinski definition) is 1. The summed E-state index contributed by atoms with van der Waals surface area (Å²) in [5.74, 6) is 0. The van der Waals surface area contributed by atoms with Gasteiger partial charge in [0, 0.05) is 26.2 Å². The van der Waals surface area contributed by atoms with Crippen molar-refractivity contribution in [2.75, 3.05) is 32.4 Å². The van der Waals surface area contributed by atoms with Crippen molar-refractivity contribution >= 4 is 16.1 Å². The van der Waals surface area contributed by atoms with Crippen LogP contribution in [0.5, 0.6) is 0 Å². The quantitative estimate of drug-likeness (QED) is 0.906. The van der Waals surface area contributed by atoms with Gasteiger partial charge in [-0.1, -0.05) is 30.3 Å². The normalized spacial score (nSPS) is 18.3. The number of nitrogens with zero attached hydrogens (tertiary/aromatic N) is 2. The van der Waals surface area contributed by atoms with Gasteiger partial charge in [-0.05, 0) is 12.5 Å². The highest BCUT2D eigenvalue weighted by Crippen LogP contribution is 2.12. The van der Waals surface area contributed by atoms with Gasteiger partial charge in [-0.2, -0.15) is 4.31 Å². The van der Waals surface area contributed by atoms with E-state index in [9.17, 15) is 13.2 Å². The Morgan fingerprint density at radius 1 is 1.14 bits per heavy atom. The van der Waals surface area contributed by atoms with E-state index in [2.05, 4.69) is 5.32 Å². The molecule has 1 aromatic rings. The van der Waals surface area contributed by atoms with Gasteiger partial charge in [-0.25, -0.2) is 13.2 Å². The summed E-state index contributed by atoms with van der Waals surface area (Å²) in [5, 5.41) is 2.94. The first-order chi connectivity index (χ1) is 9.88. The van der Waals surface area contributed by atoms with Crippen molar-refractivity contribution in [3.05, 3.63) is 35.9 Å². The van der Waals surface area contributed by atoms with Crippen LogP contribution in [0.3, 0.4) is 0 Å². The predicted molar refractivity (Wildman–Crippen MR) is 81.4 cm³/mol. The number of piperazine rings is 1. The first kappa shape index (κ1) is 15.8. The van der Waals surface area contributed by atoms with Gasteiger partial charge in [-0.3, -0.25) is 0 Å². The van der Waals surface area contributed by atoms with Gasteiger partial charge in [0.15, 0.2) is 0 Å². The van der Waals surface area contributed by atoms with Gasteiger partial charge in [0.1, 0.15) is 0 Å². The third-order valence-electron chi connectivity index (χ3n) is 3.63. The molecule has 0 radical (unpaired) electrons. The zero-order valence-electron chi connectivity index (χ0n) is 12.3. The minimum atomic E-state index is -3.17. The molecule has 1 fully saturated rings. The Bertz CT molecular complexity index is 581. The number of benzene rings is 1. The zero-order chi connectivity index (χ0) is 15.5. The van der Waals surface area contributed by atoms with Crippen molar-refractivity contribution < 1.29 is 13.2 Å². The molecule has 0 bridgehead atoms. The van der Waals surface area contributed by atoms with Crippen molar-refractivity contribution in [2.24, 2.45) is 0 Å². The number of rotatable bonds is 3. The van der Waals surface area contributed by atoms with Crippen LogP contribution in [0.25, 0.3) is 0 Å². The van der Waals surface area contributed by atoms with Crippen LogP contribution >= 0.6 is 0 Å². The molecule has 1 N–H and O–H groups in total. The third-order valence-corrected chi connectivity index (χ3v) is 4.94. The second kappa shape index (κ2) is 6.44. The molecule has 1 aromatic carbocycles. The van der Waals surface area contributed by atoms with Crippen LogP contribution in [0.2, 0.25) is 0 Å². The highest BCUT2D eigenvalue weighted by atomic mass is 32.2. The number of hydrogen-bond acceptors (Lipinski definition) is 3. The standard InChI is InChI=1S/C14H21N3O3S/c1-12(13-6-4-3-5-7-13)15-14(18)16-8-10-17(11-9-16)21(2,19)20/h3-7,12H,8-11H2,1-2H3,(H,15,18). The molecule has 2 amide bonds. The summed E-state index contributed by atoms with van der Waals surface area (Å²) in [6, 6.07) is 9.50. The van der Waals surface area contributed by atoms with E-state index in [-0.39, 0.29) is 12.1 Å². The number of carbonyl (C=O) groups excluding carboxylic acids is 1. The van der Waals surface area contributed by atoms with E-state index in [1.807, 2.05) is 37.3 Å². The molecule has 0 saturated carbocycles. The zero-order valence-corrected chi connectivity index (χ0v) is 13.1. The summed E-state index contributed by atoms with van der Waals surface area (Å²) in [7, 11) is -3.17. The number of nitrogens with one attached hydrogen (secondary N) is 1. The Kier molecular flexibility index (Phi) is 4.84. The lowest BCUT2D eigenvalue weighted by Crippen LogP contribution is -2.53. The lowest BCUT2D eigenvalue weighted by Gasteiger charge is -2.34. The van der Waals surface area contributed by atoms with Crippen LogP contribution in [-0.4, -0.2) is 56.1 Å². The van der Waals surface area contributed by atoms with Crippen LogP contribution in [0.1, 0.15) is 18.5 Å². The molecule has 0 aliphatic carbocycles. The van der Waals surface area contributed by atoms with E-state index in [1.54, 1.807) is 4.90 Å². The second-order valence-electron chi connectivity index (χ2n) is 5.23. The molecule has 1 aliphatic heterocycles. The molecule has 116 valence electrons. The predicted octanol–water partition coefficient (Wildman–Crippen LogP) is 1.03. The molecule has 7 heteroatoms. The topological polar surface area (TPSA) is 69.7 Å². The SMILES string of the molecule is CC(NC(=O)N1CCN(S(C)(=O)=O)CC1)c1ccccc1. The molecule has 1 atom stereocenters. The fourth-order valence-electron chi connectivity index (χ4n) is 2.32. The van der Waals surface area contributed by atoms with Gasteiger partial charge in [0.2, 0.25) is 10.0 Å². The summed E-state index contributed by atoms with van der Waals surface area (Å²) in [6.45, 7) is 3.47. The molecule has 1 heterocycles. The maximum Gasteiger partial charge on any atom is 0.317 e.